The Hall–Kier alpha value is -1.79. The summed E-state index contributed by atoms with van der Waals surface area (Å²) in [7, 11) is 0. The van der Waals surface area contributed by atoms with E-state index in [1.807, 2.05) is 0 Å². The Kier molecular flexibility index (Phi) is 4.68. The summed E-state index contributed by atoms with van der Waals surface area (Å²) in [6, 6.07) is 6.87. The van der Waals surface area contributed by atoms with Crippen molar-refractivity contribution in [3.63, 3.8) is 0 Å². The van der Waals surface area contributed by atoms with E-state index in [-0.39, 0.29) is 18.4 Å². The molecule has 2 aliphatic carbocycles. The Labute approximate surface area is 155 Å². The molecule has 8 heteroatoms. The highest BCUT2D eigenvalue weighted by Gasteiger charge is 2.69. The third-order valence-corrected chi connectivity index (χ3v) is 5.50. The number of halogens is 2. The van der Waals surface area contributed by atoms with Gasteiger partial charge in [-0.05, 0) is 31.9 Å². The van der Waals surface area contributed by atoms with Crippen LogP contribution in [0.25, 0.3) is 0 Å². The molecule has 0 aromatic heterocycles. The van der Waals surface area contributed by atoms with Gasteiger partial charge in [0.2, 0.25) is 0 Å². The van der Waals surface area contributed by atoms with Crippen LogP contribution in [0.3, 0.4) is 0 Å². The molecule has 3 rings (SSSR count). The number of alkyl halides is 2. The molecule has 2 N–H and O–H groups in total. The minimum Gasteiger partial charge on any atom is -0.455 e. The van der Waals surface area contributed by atoms with Gasteiger partial charge < -0.3 is 15.4 Å². The normalized spacial score (nSPS) is 23.5. The average molecular weight is 385 g/mol. The van der Waals surface area contributed by atoms with E-state index >= 15 is 0 Å². The van der Waals surface area contributed by atoms with Crippen molar-refractivity contribution in [3.8, 4) is 0 Å². The van der Waals surface area contributed by atoms with Gasteiger partial charge in [-0.1, -0.05) is 12.1 Å². The van der Waals surface area contributed by atoms with Gasteiger partial charge in [0.15, 0.2) is 6.61 Å². The van der Waals surface area contributed by atoms with Crippen LogP contribution < -0.4 is 10.6 Å². The number of benzene rings is 1. The maximum Gasteiger partial charge on any atom is 0.315 e. The van der Waals surface area contributed by atoms with Crippen molar-refractivity contribution in [2.24, 2.45) is 5.41 Å². The highest BCUT2D eigenvalue weighted by Crippen LogP contribution is 2.64. The molecular formula is C17H18Cl2N2O4. The van der Waals surface area contributed by atoms with Gasteiger partial charge in [0, 0.05) is 12.5 Å². The molecule has 1 aromatic rings. The molecule has 1 aromatic carbocycles. The minimum atomic E-state index is -1.14. The van der Waals surface area contributed by atoms with Crippen molar-refractivity contribution in [2.45, 2.75) is 36.6 Å². The number of hydrogen-bond donors (Lipinski definition) is 2. The second-order valence-electron chi connectivity index (χ2n) is 6.63. The number of hydrogen-bond acceptors (Lipinski definition) is 4. The predicted molar refractivity (Wildman–Crippen MR) is 93.7 cm³/mol. The molecular weight excluding hydrogens is 367 g/mol. The number of carbonyl (C=O) groups excluding carboxylic acids is 3. The molecule has 2 amide bonds. The third-order valence-electron chi connectivity index (χ3n) is 4.40. The van der Waals surface area contributed by atoms with Gasteiger partial charge in [-0.3, -0.25) is 14.4 Å². The summed E-state index contributed by atoms with van der Waals surface area (Å²) < 4.78 is 3.85. The standard InChI is InChI=1S/C17H18Cl2N2O4/c1-16(9-17(16,18)19)15(24)25-8-13(22)21-12-5-3-2-4-11(12)14(23)20-10-6-7-10/h2-5,10H,6-9H2,1H3,(H,20,23)(H,21,22). The lowest BCUT2D eigenvalue weighted by Crippen LogP contribution is -2.29. The molecule has 0 spiro atoms. The van der Waals surface area contributed by atoms with E-state index in [9.17, 15) is 14.4 Å². The first-order valence-electron chi connectivity index (χ1n) is 7.98. The molecule has 0 heterocycles. The van der Waals surface area contributed by atoms with Gasteiger partial charge in [0.25, 0.3) is 11.8 Å². The van der Waals surface area contributed by atoms with Gasteiger partial charge in [-0.25, -0.2) is 0 Å². The molecule has 1 atom stereocenters. The average Bonchev–Trinajstić information content (AvgIpc) is 3.44. The van der Waals surface area contributed by atoms with Crippen LogP contribution in [-0.4, -0.2) is 34.8 Å². The molecule has 2 aliphatic rings. The number of rotatable bonds is 6. The number of anilines is 1. The molecule has 2 fully saturated rings. The van der Waals surface area contributed by atoms with Crippen molar-refractivity contribution in [2.75, 3.05) is 11.9 Å². The highest BCUT2D eigenvalue weighted by atomic mass is 35.5. The monoisotopic (exact) mass is 384 g/mol. The van der Waals surface area contributed by atoms with Crippen molar-refractivity contribution in [1.82, 2.24) is 5.32 Å². The van der Waals surface area contributed by atoms with E-state index in [1.54, 1.807) is 31.2 Å². The van der Waals surface area contributed by atoms with Gasteiger partial charge in [-0.2, -0.15) is 0 Å². The number of esters is 1. The summed E-state index contributed by atoms with van der Waals surface area (Å²) in [6.45, 7) is 1.11. The zero-order valence-corrected chi connectivity index (χ0v) is 15.1. The second-order valence-corrected chi connectivity index (χ2v) is 8.11. The number of carbonyl (C=O) groups is 3. The maximum atomic E-state index is 12.2. The van der Waals surface area contributed by atoms with Crippen LogP contribution in [0.15, 0.2) is 24.3 Å². The first-order chi connectivity index (χ1) is 11.7. The van der Waals surface area contributed by atoms with E-state index in [4.69, 9.17) is 27.9 Å². The Morgan fingerprint density at radius 2 is 1.88 bits per heavy atom. The quantitative estimate of drug-likeness (QED) is 0.583. The topological polar surface area (TPSA) is 84.5 Å². The Morgan fingerprint density at radius 1 is 1.24 bits per heavy atom. The SMILES string of the molecule is CC1(C(=O)OCC(=O)Nc2ccccc2C(=O)NC2CC2)CC1(Cl)Cl. The lowest BCUT2D eigenvalue weighted by atomic mass is 10.1. The summed E-state index contributed by atoms with van der Waals surface area (Å²) >= 11 is 11.8. The zero-order chi connectivity index (χ0) is 18.2. The van der Waals surface area contributed by atoms with Gasteiger partial charge >= 0.3 is 5.97 Å². The molecule has 0 radical (unpaired) electrons. The van der Waals surface area contributed by atoms with Crippen LogP contribution in [0.1, 0.15) is 36.5 Å². The van der Waals surface area contributed by atoms with Crippen LogP contribution in [0.5, 0.6) is 0 Å². The van der Waals surface area contributed by atoms with Gasteiger partial charge in [-0.15, -0.1) is 23.2 Å². The summed E-state index contributed by atoms with van der Waals surface area (Å²) in [5, 5.41) is 5.46. The Balaban J connectivity index is 1.56. The van der Waals surface area contributed by atoms with E-state index < -0.39 is 28.2 Å². The van der Waals surface area contributed by atoms with Crippen molar-refractivity contribution in [3.05, 3.63) is 29.8 Å². The maximum absolute atomic E-state index is 12.2. The number of amides is 2. The first kappa shape index (κ1) is 18.0. The molecule has 0 saturated heterocycles. The fourth-order valence-electron chi connectivity index (χ4n) is 2.38. The Bertz CT molecular complexity index is 733. The number of para-hydroxylation sites is 1. The summed E-state index contributed by atoms with van der Waals surface area (Å²) in [4.78, 5) is 36.2. The first-order valence-corrected chi connectivity index (χ1v) is 8.73. The fraction of sp³-hybridized carbons (Fsp3) is 0.471. The lowest BCUT2D eigenvalue weighted by molar-refractivity contribution is -0.152. The number of ether oxygens (including phenoxy) is 1. The summed E-state index contributed by atoms with van der Waals surface area (Å²) in [5.41, 5.74) is -0.259. The second kappa shape index (κ2) is 6.50. The van der Waals surface area contributed by atoms with Crippen LogP contribution >= 0.6 is 23.2 Å². The molecule has 25 heavy (non-hydrogen) atoms. The summed E-state index contributed by atoms with van der Waals surface area (Å²) in [6.07, 6.45) is 2.23. The number of nitrogens with one attached hydrogen (secondary N) is 2. The van der Waals surface area contributed by atoms with Crippen LogP contribution in [0.2, 0.25) is 0 Å². The molecule has 1 unspecified atom stereocenters. The molecule has 2 saturated carbocycles. The zero-order valence-electron chi connectivity index (χ0n) is 13.6. The van der Waals surface area contributed by atoms with Crippen LogP contribution in [0.4, 0.5) is 5.69 Å². The van der Waals surface area contributed by atoms with Gasteiger partial charge in [0.05, 0.1) is 11.3 Å². The van der Waals surface area contributed by atoms with E-state index in [2.05, 4.69) is 10.6 Å². The van der Waals surface area contributed by atoms with Crippen molar-refractivity contribution < 1.29 is 19.1 Å². The van der Waals surface area contributed by atoms with E-state index in [0.29, 0.717) is 11.3 Å². The smallest absolute Gasteiger partial charge is 0.315 e. The van der Waals surface area contributed by atoms with E-state index in [0.717, 1.165) is 12.8 Å². The Morgan fingerprint density at radius 3 is 2.48 bits per heavy atom. The van der Waals surface area contributed by atoms with Crippen molar-refractivity contribution in [1.29, 1.82) is 0 Å². The fourth-order valence-corrected chi connectivity index (χ4v) is 3.07. The summed E-state index contributed by atoms with van der Waals surface area (Å²) in [5.74, 6) is -1.40. The minimum absolute atomic E-state index is 0.211. The van der Waals surface area contributed by atoms with E-state index in [1.165, 1.54) is 0 Å². The molecule has 134 valence electrons. The molecule has 0 bridgehead atoms. The largest absolute Gasteiger partial charge is 0.455 e. The van der Waals surface area contributed by atoms with Crippen LogP contribution in [0, 0.1) is 5.41 Å². The predicted octanol–water partition coefficient (Wildman–Crippen LogP) is 2.64. The lowest BCUT2D eigenvalue weighted by Gasteiger charge is -2.13. The highest BCUT2D eigenvalue weighted by molar-refractivity contribution is 6.53. The molecule has 6 nitrogen and oxygen atoms in total. The third kappa shape index (κ3) is 3.90. The van der Waals surface area contributed by atoms with Crippen LogP contribution in [-0.2, 0) is 14.3 Å². The van der Waals surface area contributed by atoms with Gasteiger partial charge in [0.1, 0.15) is 9.75 Å². The molecule has 0 aliphatic heterocycles. The van der Waals surface area contributed by atoms with Crippen molar-refractivity contribution >= 4 is 46.7 Å².